The van der Waals surface area contributed by atoms with E-state index in [-0.39, 0.29) is 5.91 Å². The zero-order chi connectivity index (χ0) is 11.5. The molecule has 1 aromatic rings. The smallest absolute Gasteiger partial charge is 0.252 e. The summed E-state index contributed by atoms with van der Waals surface area (Å²) in [6.07, 6.45) is 3.77. The SMILES string of the molecule is O=C(NCC1CCC1)c1ccc(Cl)cc1Br. The molecule has 1 fully saturated rings. The predicted molar refractivity (Wildman–Crippen MR) is 68.8 cm³/mol. The molecule has 0 atom stereocenters. The summed E-state index contributed by atoms with van der Waals surface area (Å²) in [7, 11) is 0. The van der Waals surface area contributed by atoms with Crippen LogP contribution >= 0.6 is 27.5 Å². The van der Waals surface area contributed by atoms with Crippen molar-refractivity contribution in [1.82, 2.24) is 5.32 Å². The number of halogens is 2. The molecule has 0 bridgehead atoms. The zero-order valence-corrected chi connectivity index (χ0v) is 11.1. The molecule has 1 saturated carbocycles. The first-order chi connectivity index (χ1) is 7.66. The largest absolute Gasteiger partial charge is 0.352 e. The van der Waals surface area contributed by atoms with E-state index >= 15 is 0 Å². The van der Waals surface area contributed by atoms with E-state index in [9.17, 15) is 4.79 Å². The van der Waals surface area contributed by atoms with Crippen LogP contribution in [0.15, 0.2) is 22.7 Å². The van der Waals surface area contributed by atoms with E-state index in [1.165, 1.54) is 19.3 Å². The lowest BCUT2D eigenvalue weighted by atomic mass is 9.85. The fourth-order valence-corrected chi connectivity index (χ4v) is 2.57. The van der Waals surface area contributed by atoms with Gasteiger partial charge in [0.15, 0.2) is 0 Å². The van der Waals surface area contributed by atoms with Gasteiger partial charge < -0.3 is 5.32 Å². The van der Waals surface area contributed by atoms with Crippen LogP contribution in [0.4, 0.5) is 0 Å². The molecule has 86 valence electrons. The van der Waals surface area contributed by atoms with E-state index in [0.29, 0.717) is 16.5 Å². The molecule has 0 unspecified atom stereocenters. The van der Waals surface area contributed by atoms with Crippen LogP contribution in [0.5, 0.6) is 0 Å². The van der Waals surface area contributed by atoms with E-state index in [1.54, 1.807) is 18.2 Å². The van der Waals surface area contributed by atoms with Crippen LogP contribution in [0.1, 0.15) is 29.6 Å². The summed E-state index contributed by atoms with van der Waals surface area (Å²) >= 11 is 9.16. The minimum Gasteiger partial charge on any atom is -0.352 e. The Morgan fingerprint density at radius 2 is 2.25 bits per heavy atom. The van der Waals surface area contributed by atoms with Gasteiger partial charge in [-0.25, -0.2) is 0 Å². The molecule has 2 rings (SSSR count). The normalized spacial score (nSPS) is 15.6. The maximum absolute atomic E-state index is 11.8. The first-order valence-corrected chi connectivity index (χ1v) is 6.57. The summed E-state index contributed by atoms with van der Waals surface area (Å²) < 4.78 is 0.742. The molecule has 1 aliphatic carbocycles. The number of hydrogen-bond acceptors (Lipinski definition) is 1. The van der Waals surface area contributed by atoms with Crippen molar-refractivity contribution in [3.05, 3.63) is 33.3 Å². The Kier molecular flexibility index (Phi) is 3.87. The minimum atomic E-state index is -0.0320. The van der Waals surface area contributed by atoms with Gasteiger partial charge in [0, 0.05) is 16.0 Å². The third-order valence-electron chi connectivity index (χ3n) is 2.95. The Hall–Kier alpha value is -0.540. The average molecular weight is 303 g/mol. The third-order valence-corrected chi connectivity index (χ3v) is 3.84. The molecule has 0 radical (unpaired) electrons. The van der Waals surface area contributed by atoms with Crippen molar-refractivity contribution in [1.29, 1.82) is 0 Å². The zero-order valence-electron chi connectivity index (χ0n) is 8.80. The summed E-state index contributed by atoms with van der Waals surface area (Å²) in [6, 6.07) is 5.20. The van der Waals surface area contributed by atoms with Crippen LogP contribution in [0.3, 0.4) is 0 Å². The highest BCUT2D eigenvalue weighted by atomic mass is 79.9. The van der Waals surface area contributed by atoms with E-state index in [0.717, 1.165) is 11.0 Å². The van der Waals surface area contributed by atoms with Crippen molar-refractivity contribution >= 4 is 33.4 Å². The monoisotopic (exact) mass is 301 g/mol. The number of amides is 1. The molecule has 1 amide bonds. The molecule has 1 aromatic carbocycles. The van der Waals surface area contributed by atoms with Crippen molar-refractivity contribution < 1.29 is 4.79 Å². The highest BCUT2D eigenvalue weighted by Crippen LogP contribution is 2.26. The summed E-state index contributed by atoms with van der Waals surface area (Å²) in [6.45, 7) is 0.786. The van der Waals surface area contributed by atoms with Gasteiger partial charge in [-0.2, -0.15) is 0 Å². The molecule has 1 aliphatic rings. The standard InChI is InChI=1S/C12H13BrClNO/c13-11-6-9(14)4-5-10(11)12(16)15-7-8-2-1-3-8/h4-6,8H,1-3,7H2,(H,15,16). The Morgan fingerprint density at radius 1 is 1.50 bits per heavy atom. The first-order valence-electron chi connectivity index (χ1n) is 5.40. The van der Waals surface area contributed by atoms with Gasteiger partial charge >= 0.3 is 0 Å². The van der Waals surface area contributed by atoms with Crippen LogP contribution in [0, 0.1) is 5.92 Å². The molecular weight excluding hydrogens is 289 g/mol. The quantitative estimate of drug-likeness (QED) is 0.907. The third kappa shape index (κ3) is 2.77. The van der Waals surface area contributed by atoms with Gasteiger partial charge in [0.05, 0.1) is 5.56 Å². The van der Waals surface area contributed by atoms with Crippen LogP contribution in [-0.4, -0.2) is 12.5 Å². The number of hydrogen-bond donors (Lipinski definition) is 1. The Bertz CT molecular complexity index is 404. The van der Waals surface area contributed by atoms with Gasteiger partial charge in [0.2, 0.25) is 0 Å². The molecule has 2 nitrogen and oxygen atoms in total. The van der Waals surface area contributed by atoms with E-state index in [2.05, 4.69) is 21.2 Å². The molecule has 0 heterocycles. The molecular formula is C12H13BrClNO. The van der Waals surface area contributed by atoms with Crippen LogP contribution in [-0.2, 0) is 0 Å². The Morgan fingerprint density at radius 3 is 2.81 bits per heavy atom. The van der Waals surface area contributed by atoms with E-state index in [1.807, 2.05) is 0 Å². The lowest BCUT2D eigenvalue weighted by molar-refractivity contribution is 0.0938. The average Bonchev–Trinajstić information content (AvgIpc) is 2.14. The lowest BCUT2D eigenvalue weighted by Crippen LogP contribution is -2.32. The second kappa shape index (κ2) is 5.19. The topological polar surface area (TPSA) is 29.1 Å². The fourth-order valence-electron chi connectivity index (χ4n) is 1.70. The minimum absolute atomic E-state index is 0.0320. The van der Waals surface area contributed by atoms with Gasteiger partial charge in [-0.3, -0.25) is 4.79 Å². The number of carbonyl (C=O) groups is 1. The molecule has 4 heteroatoms. The van der Waals surface area contributed by atoms with Crippen LogP contribution in [0.2, 0.25) is 5.02 Å². The molecule has 0 saturated heterocycles. The molecule has 1 N–H and O–H groups in total. The second-order valence-electron chi connectivity index (χ2n) is 4.13. The summed E-state index contributed by atoms with van der Waals surface area (Å²) in [5, 5.41) is 3.58. The van der Waals surface area contributed by atoms with Crippen molar-refractivity contribution in [3.63, 3.8) is 0 Å². The van der Waals surface area contributed by atoms with Gasteiger partial charge in [0.25, 0.3) is 5.91 Å². The number of nitrogens with one attached hydrogen (secondary N) is 1. The summed E-state index contributed by atoms with van der Waals surface area (Å²) in [5.41, 5.74) is 0.642. The number of carbonyl (C=O) groups excluding carboxylic acids is 1. The van der Waals surface area contributed by atoms with Crippen LogP contribution < -0.4 is 5.32 Å². The maximum atomic E-state index is 11.8. The van der Waals surface area contributed by atoms with Gasteiger partial charge in [-0.05, 0) is 52.9 Å². The van der Waals surface area contributed by atoms with Gasteiger partial charge in [-0.15, -0.1) is 0 Å². The van der Waals surface area contributed by atoms with Gasteiger partial charge in [0.1, 0.15) is 0 Å². The van der Waals surface area contributed by atoms with Crippen LogP contribution in [0.25, 0.3) is 0 Å². The van der Waals surface area contributed by atoms with Crippen molar-refractivity contribution in [2.75, 3.05) is 6.54 Å². The van der Waals surface area contributed by atoms with E-state index in [4.69, 9.17) is 11.6 Å². The predicted octanol–water partition coefficient (Wildman–Crippen LogP) is 3.63. The first kappa shape index (κ1) is 11.9. The summed E-state index contributed by atoms with van der Waals surface area (Å²) in [4.78, 5) is 11.8. The van der Waals surface area contributed by atoms with E-state index < -0.39 is 0 Å². The number of benzene rings is 1. The maximum Gasteiger partial charge on any atom is 0.252 e. The van der Waals surface area contributed by atoms with Gasteiger partial charge in [-0.1, -0.05) is 18.0 Å². The number of rotatable bonds is 3. The highest BCUT2D eigenvalue weighted by Gasteiger charge is 2.18. The van der Waals surface area contributed by atoms with Crippen molar-refractivity contribution in [2.45, 2.75) is 19.3 Å². The van der Waals surface area contributed by atoms with Crippen molar-refractivity contribution in [2.24, 2.45) is 5.92 Å². The molecule has 0 aromatic heterocycles. The Balaban J connectivity index is 1.96. The second-order valence-corrected chi connectivity index (χ2v) is 5.42. The lowest BCUT2D eigenvalue weighted by Gasteiger charge is -2.25. The molecule has 16 heavy (non-hydrogen) atoms. The molecule has 0 spiro atoms. The molecule has 0 aliphatic heterocycles. The Labute approximate surface area is 108 Å². The van der Waals surface area contributed by atoms with Crippen molar-refractivity contribution in [3.8, 4) is 0 Å². The summed E-state index contributed by atoms with van der Waals surface area (Å²) in [5.74, 6) is 0.644. The highest BCUT2D eigenvalue weighted by molar-refractivity contribution is 9.10. The fraction of sp³-hybridized carbons (Fsp3) is 0.417.